The molecule has 4 heteroatoms. The molecule has 1 N–H and O–H groups in total. The Bertz CT molecular complexity index is 500. The van der Waals surface area contributed by atoms with E-state index in [-0.39, 0.29) is 23.9 Å². The molecule has 0 saturated carbocycles. The first kappa shape index (κ1) is 12.5. The first-order valence-corrected chi connectivity index (χ1v) is 6.94. The van der Waals surface area contributed by atoms with Crippen LogP contribution in [-0.2, 0) is 16.0 Å². The summed E-state index contributed by atoms with van der Waals surface area (Å²) in [6, 6.07) is 5.45. The van der Waals surface area contributed by atoms with Crippen molar-refractivity contribution >= 4 is 11.6 Å². The van der Waals surface area contributed by atoms with Crippen molar-refractivity contribution in [2.75, 3.05) is 11.4 Å². The number of phenols is 1. The Labute approximate surface area is 113 Å². The Hall–Kier alpha value is -1.55. The van der Waals surface area contributed by atoms with Crippen molar-refractivity contribution in [1.29, 1.82) is 0 Å². The van der Waals surface area contributed by atoms with Gasteiger partial charge in [-0.15, -0.1) is 0 Å². The number of anilines is 1. The summed E-state index contributed by atoms with van der Waals surface area (Å²) in [5.74, 6) is 0.184. The summed E-state index contributed by atoms with van der Waals surface area (Å²) in [7, 11) is 0. The van der Waals surface area contributed by atoms with Crippen molar-refractivity contribution in [3.05, 3.63) is 23.8 Å². The zero-order valence-electron chi connectivity index (χ0n) is 11.1. The van der Waals surface area contributed by atoms with Crippen molar-refractivity contribution in [3.8, 4) is 5.75 Å². The van der Waals surface area contributed by atoms with E-state index in [0.29, 0.717) is 12.2 Å². The zero-order chi connectivity index (χ0) is 13.4. The SMILES string of the molecule is CC1CCC(C(=O)N2CCCc3cccc(O)c32)O1. The molecule has 0 aromatic heterocycles. The average molecular weight is 261 g/mol. The Morgan fingerprint density at radius 2 is 2.26 bits per heavy atom. The maximum atomic E-state index is 12.6. The molecular formula is C15H19NO3. The topological polar surface area (TPSA) is 49.8 Å². The van der Waals surface area contributed by atoms with Gasteiger partial charge < -0.3 is 14.7 Å². The molecule has 1 aromatic carbocycles. The van der Waals surface area contributed by atoms with Gasteiger partial charge in [-0.3, -0.25) is 4.79 Å². The Morgan fingerprint density at radius 3 is 3.00 bits per heavy atom. The predicted octanol–water partition coefficient (Wildman–Crippen LogP) is 2.24. The molecular weight excluding hydrogens is 242 g/mol. The standard InChI is InChI=1S/C15H19NO3/c1-10-7-8-13(19-10)15(18)16-9-3-5-11-4-2-6-12(17)14(11)16/h2,4,6,10,13,17H,3,5,7-9H2,1H3. The lowest BCUT2D eigenvalue weighted by Gasteiger charge is -2.31. The van der Waals surface area contributed by atoms with E-state index in [0.717, 1.165) is 31.2 Å². The molecule has 1 aromatic rings. The Morgan fingerprint density at radius 1 is 1.42 bits per heavy atom. The first-order chi connectivity index (χ1) is 9.16. The molecule has 1 amide bonds. The largest absolute Gasteiger partial charge is 0.506 e. The van der Waals surface area contributed by atoms with Gasteiger partial charge in [0.2, 0.25) is 0 Å². The summed E-state index contributed by atoms with van der Waals surface area (Å²) < 4.78 is 5.66. The highest BCUT2D eigenvalue weighted by Crippen LogP contribution is 2.36. The van der Waals surface area contributed by atoms with E-state index < -0.39 is 0 Å². The fraction of sp³-hybridized carbons (Fsp3) is 0.533. The number of carbonyl (C=O) groups excluding carboxylic acids is 1. The normalized spacial score (nSPS) is 26.3. The Kier molecular flexibility index (Phi) is 3.19. The van der Waals surface area contributed by atoms with Crippen molar-refractivity contribution < 1.29 is 14.6 Å². The molecule has 1 saturated heterocycles. The molecule has 19 heavy (non-hydrogen) atoms. The maximum Gasteiger partial charge on any atom is 0.256 e. The van der Waals surface area contributed by atoms with Crippen LogP contribution >= 0.6 is 0 Å². The third kappa shape index (κ3) is 2.21. The van der Waals surface area contributed by atoms with Gasteiger partial charge in [0.25, 0.3) is 5.91 Å². The number of hydrogen-bond acceptors (Lipinski definition) is 3. The molecule has 2 aliphatic rings. The second-order valence-corrected chi connectivity index (χ2v) is 5.39. The third-order valence-corrected chi connectivity index (χ3v) is 3.97. The number of aryl methyl sites for hydroxylation is 1. The van der Waals surface area contributed by atoms with E-state index in [4.69, 9.17) is 4.74 Å². The summed E-state index contributed by atoms with van der Waals surface area (Å²) in [6.45, 7) is 2.66. The zero-order valence-corrected chi connectivity index (χ0v) is 11.1. The third-order valence-electron chi connectivity index (χ3n) is 3.97. The van der Waals surface area contributed by atoms with E-state index in [2.05, 4.69) is 0 Å². The average Bonchev–Trinajstić information content (AvgIpc) is 2.84. The van der Waals surface area contributed by atoms with Crippen LogP contribution in [0.3, 0.4) is 0 Å². The molecule has 2 heterocycles. The molecule has 2 unspecified atom stereocenters. The number of ether oxygens (including phenoxy) is 1. The van der Waals surface area contributed by atoms with Crippen LogP contribution in [0.15, 0.2) is 18.2 Å². The number of fused-ring (bicyclic) bond motifs is 1. The van der Waals surface area contributed by atoms with E-state index in [1.807, 2.05) is 19.1 Å². The minimum absolute atomic E-state index is 0.00759. The molecule has 0 aliphatic carbocycles. The molecule has 2 atom stereocenters. The molecule has 0 spiro atoms. The van der Waals surface area contributed by atoms with E-state index in [9.17, 15) is 9.90 Å². The van der Waals surface area contributed by atoms with Crippen LogP contribution in [0.25, 0.3) is 0 Å². The summed E-state index contributed by atoms with van der Waals surface area (Å²) >= 11 is 0. The van der Waals surface area contributed by atoms with Crippen LogP contribution < -0.4 is 4.90 Å². The highest BCUT2D eigenvalue weighted by Gasteiger charge is 2.34. The number of hydrogen-bond donors (Lipinski definition) is 1. The fourth-order valence-corrected chi connectivity index (χ4v) is 3.01. The number of carbonyl (C=O) groups is 1. The number of aromatic hydroxyl groups is 1. The van der Waals surface area contributed by atoms with Crippen molar-refractivity contribution in [2.45, 2.75) is 44.8 Å². The lowest BCUT2D eigenvalue weighted by Crippen LogP contribution is -2.42. The molecule has 4 nitrogen and oxygen atoms in total. The summed E-state index contributed by atoms with van der Waals surface area (Å²) in [5, 5.41) is 10.0. The monoisotopic (exact) mass is 261 g/mol. The second-order valence-electron chi connectivity index (χ2n) is 5.39. The molecule has 1 fully saturated rings. The molecule has 2 aliphatic heterocycles. The van der Waals surface area contributed by atoms with Crippen molar-refractivity contribution in [2.24, 2.45) is 0 Å². The van der Waals surface area contributed by atoms with E-state index >= 15 is 0 Å². The Balaban J connectivity index is 1.89. The van der Waals surface area contributed by atoms with Gasteiger partial charge in [-0.2, -0.15) is 0 Å². The minimum atomic E-state index is -0.347. The van der Waals surface area contributed by atoms with Crippen LogP contribution in [-0.4, -0.2) is 29.8 Å². The van der Waals surface area contributed by atoms with Gasteiger partial charge in [0.05, 0.1) is 11.8 Å². The predicted molar refractivity (Wildman–Crippen MR) is 72.3 cm³/mol. The molecule has 0 bridgehead atoms. The lowest BCUT2D eigenvalue weighted by molar-refractivity contribution is -0.129. The second kappa shape index (κ2) is 4.85. The van der Waals surface area contributed by atoms with Crippen LogP contribution in [0.5, 0.6) is 5.75 Å². The van der Waals surface area contributed by atoms with Gasteiger partial charge in [0.15, 0.2) is 0 Å². The van der Waals surface area contributed by atoms with Gasteiger partial charge in [0.1, 0.15) is 11.9 Å². The van der Waals surface area contributed by atoms with Gasteiger partial charge in [0, 0.05) is 6.54 Å². The number of benzene rings is 1. The fourth-order valence-electron chi connectivity index (χ4n) is 3.01. The number of amides is 1. The van der Waals surface area contributed by atoms with E-state index in [1.54, 1.807) is 11.0 Å². The van der Waals surface area contributed by atoms with Crippen LogP contribution in [0, 0.1) is 0 Å². The highest BCUT2D eigenvalue weighted by molar-refractivity contribution is 5.99. The van der Waals surface area contributed by atoms with Gasteiger partial charge in [-0.05, 0) is 44.2 Å². The first-order valence-electron chi connectivity index (χ1n) is 6.94. The maximum absolute atomic E-state index is 12.6. The number of rotatable bonds is 1. The summed E-state index contributed by atoms with van der Waals surface area (Å²) in [6.07, 6.45) is 3.36. The minimum Gasteiger partial charge on any atom is -0.506 e. The van der Waals surface area contributed by atoms with Gasteiger partial charge in [-0.25, -0.2) is 0 Å². The molecule has 0 radical (unpaired) electrons. The van der Waals surface area contributed by atoms with E-state index in [1.165, 1.54) is 0 Å². The number of nitrogens with zero attached hydrogens (tertiary/aromatic N) is 1. The van der Waals surface area contributed by atoms with Crippen LogP contribution in [0.4, 0.5) is 5.69 Å². The smallest absolute Gasteiger partial charge is 0.256 e. The summed E-state index contributed by atoms with van der Waals surface area (Å²) in [5.41, 5.74) is 1.73. The van der Waals surface area contributed by atoms with Gasteiger partial charge >= 0.3 is 0 Å². The lowest BCUT2D eigenvalue weighted by atomic mass is 10.00. The number of phenolic OH excluding ortho intramolecular Hbond substituents is 1. The van der Waals surface area contributed by atoms with Crippen LogP contribution in [0.1, 0.15) is 31.7 Å². The van der Waals surface area contributed by atoms with Crippen LogP contribution in [0.2, 0.25) is 0 Å². The summed E-state index contributed by atoms with van der Waals surface area (Å²) in [4.78, 5) is 14.3. The van der Waals surface area contributed by atoms with Crippen molar-refractivity contribution in [3.63, 3.8) is 0 Å². The number of para-hydroxylation sites is 1. The molecule has 3 rings (SSSR count). The molecule has 102 valence electrons. The quantitative estimate of drug-likeness (QED) is 0.843. The highest BCUT2D eigenvalue weighted by atomic mass is 16.5. The van der Waals surface area contributed by atoms with Gasteiger partial charge in [-0.1, -0.05) is 12.1 Å². The van der Waals surface area contributed by atoms with Crippen molar-refractivity contribution in [1.82, 2.24) is 0 Å².